The summed E-state index contributed by atoms with van der Waals surface area (Å²) in [4.78, 5) is 2.38. The van der Waals surface area contributed by atoms with Gasteiger partial charge in [0.15, 0.2) is 0 Å². The molecule has 11 aromatic carbocycles. The van der Waals surface area contributed by atoms with E-state index in [9.17, 15) is 0 Å². The van der Waals surface area contributed by atoms with E-state index in [0.29, 0.717) is 0 Å². The third kappa shape index (κ3) is 6.76. The smallest absolute Gasteiger partial charge is 0.145 e. The number of fused-ring (bicyclic) bond motifs is 7. The van der Waals surface area contributed by atoms with Gasteiger partial charge in [0.05, 0.1) is 11.1 Å². The molecule has 0 spiro atoms. The Labute approximate surface area is 388 Å². The van der Waals surface area contributed by atoms with Gasteiger partial charge in [0.2, 0.25) is 0 Å². The van der Waals surface area contributed by atoms with E-state index in [2.05, 4.69) is 248 Å². The Balaban J connectivity index is 0.978. The van der Waals surface area contributed by atoms with Crippen molar-refractivity contribution in [1.29, 1.82) is 0 Å². The van der Waals surface area contributed by atoms with Gasteiger partial charge in [0.25, 0.3) is 0 Å². The molecule has 0 N–H and O–H groups in total. The molecule has 0 saturated carbocycles. The average molecular weight is 856 g/mol. The number of hydrogen-bond acceptors (Lipinski definition) is 3. The lowest BCUT2D eigenvalue weighted by atomic mass is 9.96. The van der Waals surface area contributed by atoms with Crippen molar-refractivity contribution < 1.29 is 8.83 Å². The van der Waals surface area contributed by atoms with Gasteiger partial charge in [-0.05, 0) is 128 Å². The summed E-state index contributed by atoms with van der Waals surface area (Å²) in [5.41, 5.74) is 17.9. The second-order valence-electron chi connectivity index (χ2n) is 17.2. The minimum Gasteiger partial charge on any atom is -0.456 e. The molecule has 0 amide bonds. The molecule has 3 nitrogen and oxygen atoms in total. The molecule has 0 aliphatic rings. The van der Waals surface area contributed by atoms with Gasteiger partial charge in [-0.25, -0.2) is 0 Å². The quantitative estimate of drug-likeness (QED) is 0.152. The third-order valence-corrected chi connectivity index (χ3v) is 13.3. The molecular formula is C64H41NO2. The van der Waals surface area contributed by atoms with Gasteiger partial charge in [-0.2, -0.15) is 0 Å². The van der Waals surface area contributed by atoms with Crippen LogP contribution in [0.4, 0.5) is 17.1 Å². The predicted octanol–water partition coefficient (Wildman–Crippen LogP) is 18.4. The van der Waals surface area contributed by atoms with Crippen LogP contribution in [0, 0.1) is 0 Å². The zero-order valence-electron chi connectivity index (χ0n) is 36.4. The fraction of sp³-hybridized carbons (Fsp3) is 0. The van der Waals surface area contributed by atoms with Crippen LogP contribution in [0.1, 0.15) is 0 Å². The molecule has 0 atom stereocenters. The van der Waals surface area contributed by atoms with Crippen molar-refractivity contribution in [3.63, 3.8) is 0 Å². The van der Waals surface area contributed by atoms with E-state index in [4.69, 9.17) is 8.83 Å². The van der Waals surface area contributed by atoms with E-state index in [1.165, 1.54) is 21.9 Å². The molecule has 0 radical (unpaired) electrons. The fourth-order valence-corrected chi connectivity index (χ4v) is 9.97. The summed E-state index contributed by atoms with van der Waals surface area (Å²) in [6.45, 7) is 0. The molecule has 0 unspecified atom stereocenters. The summed E-state index contributed by atoms with van der Waals surface area (Å²) in [5.74, 6) is 0. The van der Waals surface area contributed by atoms with Gasteiger partial charge < -0.3 is 13.7 Å². The summed E-state index contributed by atoms with van der Waals surface area (Å²) in [6, 6.07) is 88.7. The second-order valence-corrected chi connectivity index (χ2v) is 17.2. The monoisotopic (exact) mass is 855 g/mol. The van der Waals surface area contributed by atoms with Crippen LogP contribution in [0.3, 0.4) is 0 Å². The van der Waals surface area contributed by atoms with Crippen LogP contribution in [-0.2, 0) is 0 Å². The normalized spacial score (nSPS) is 11.6. The van der Waals surface area contributed by atoms with Crippen molar-refractivity contribution in [2.75, 3.05) is 4.90 Å². The molecule has 13 rings (SSSR count). The molecule has 3 heteroatoms. The third-order valence-electron chi connectivity index (χ3n) is 13.3. The Kier molecular flexibility index (Phi) is 9.17. The first kappa shape index (κ1) is 38.5. The van der Waals surface area contributed by atoms with Crippen molar-refractivity contribution in [2.45, 2.75) is 0 Å². The van der Waals surface area contributed by atoms with Crippen LogP contribution in [0.15, 0.2) is 258 Å². The minimum absolute atomic E-state index is 0.841. The van der Waals surface area contributed by atoms with E-state index >= 15 is 0 Å². The summed E-state index contributed by atoms with van der Waals surface area (Å²) < 4.78 is 13.6. The highest BCUT2D eigenvalue weighted by Crippen LogP contribution is 2.48. The maximum Gasteiger partial charge on any atom is 0.145 e. The average Bonchev–Trinajstić information content (AvgIpc) is 3.98. The van der Waals surface area contributed by atoms with Crippen molar-refractivity contribution >= 4 is 71.7 Å². The lowest BCUT2D eigenvalue weighted by Gasteiger charge is -2.27. The first-order valence-corrected chi connectivity index (χ1v) is 22.8. The lowest BCUT2D eigenvalue weighted by Crippen LogP contribution is -2.10. The topological polar surface area (TPSA) is 29.5 Å². The van der Waals surface area contributed by atoms with E-state index in [1.54, 1.807) is 0 Å². The highest BCUT2D eigenvalue weighted by molar-refractivity contribution is 6.18. The SMILES string of the molecule is c1ccc(-c2ccc3c(c2)oc2ccc(N(c4ccc(-c5ccc(-c6cccc7ccccc67)cc5)cc4)c4ccc(-c5ccccc5)c5oc6cc(-c7ccccc7)ccc6c45)cc23)cc1. The number of anilines is 3. The zero-order chi connectivity index (χ0) is 44.3. The molecule has 0 aliphatic carbocycles. The van der Waals surface area contributed by atoms with Crippen molar-refractivity contribution in [2.24, 2.45) is 0 Å². The van der Waals surface area contributed by atoms with E-state index in [-0.39, 0.29) is 0 Å². The first-order chi connectivity index (χ1) is 33.2. The fourth-order valence-electron chi connectivity index (χ4n) is 9.97. The standard InChI is InChI=1S/C64H41NO2/c1-4-13-42(14-5-1)49-29-34-56-58-41-52(33-38-60(58)66-61(56)39-49)65(51-31-27-45(28-32-51)44-23-25-48(26-24-44)54-22-12-20-46-19-10-11-21-53(46)54)59-37-36-55(47-17-8-3-9-18-47)64-63(59)57-35-30-50(40-62(57)67-64)43-15-6-2-7-16-43/h1-41H. The van der Waals surface area contributed by atoms with Crippen molar-refractivity contribution in [1.82, 2.24) is 0 Å². The molecule has 0 fully saturated rings. The van der Waals surface area contributed by atoms with Crippen molar-refractivity contribution in [3.05, 3.63) is 249 Å². The Hall–Kier alpha value is -8.92. The predicted molar refractivity (Wildman–Crippen MR) is 280 cm³/mol. The van der Waals surface area contributed by atoms with Gasteiger partial charge in [-0.3, -0.25) is 0 Å². The zero-order valence-corrected chi connectivity index (χ0v) is 36.4. The summed E-state index contributed by atoms with van der Waals surface area (Å²) in [7, 11) is 0. The van der Waals surface area contributed by atoms with E-state index < -0.39 is 0 Å². The number of benzene rings is 11. The minimum atomic E-state index is 0.841. The number of furan rings is 2. The Morgan fingerprint density at radius 2 is 0.791 bits per heavy atom. The van der Waals surface area contributed by atoms with E-state index in [0.717, 1.165) is 105 Å². The van der Waals surface area contributed by atoms with Crippen LogP contribution >= 0.6 is 0 Å². The number of nitrogens with zero attached hydrogens (tertiary/aromatic N) is 1. The Morgan fingerprint density at radius 1 is 0.269 bits per heavy atom. The van der Waals surface area contributed by atoms with Crippen LogP contribution in [0.5, 0.6) is 0 Å². The lowest BCUT2D eigenvalue weighted by molar-refractivity contribution is 0.669. The molecule has 2 aromatic heterocycles. The molecule has 67 heavy (non-hydrogen) atoms. The molecule has 2 heterocycles. The first-order valence-electron chi connectivity index (χ1n) is 22.8. The highest BCUT2D eigenvalue weighted by Gasteiger charge is 2.24. The second kappa shape index (κ2) is 16.0. The Morgan fingerprint density at radius 3 is 1.49 bits per heavy atom. The van der Waals surface area contributed by atoms with Crippen LogP contribution in [0.2, 0.25) is 0 Å². The van der Waals surface area contributed by atoms with E-state index in [1.807, 2.05) is 6.07 Å². The van der Waals surface area contributed by atoms with Crippen molar-refractivity contribution in [3.8, 4) is 55.6 Å². The van der Waals surface area contributed by atoms with Gasteiger partial charge in [-0.1, -0.05) is 182 Å². The molecule has 0 bridgehead atoms. The van der Waals surface area contributed by atoms with Gasteiger partial charge in [0, 0.05) is 33.1 Å². The maximum absolute atomic E-state index is 7.03. The van der Waals surface area contributed by atoms with Crippen LogP contribution < -0.4 is 4.90 Å². The summed E-state index contributed by atoms with van der Waals surface area (Å²) in [5, 5.41) is 6.74. The molecule has 0 saturated heterocycles. The van der Waals surface area contributed by atoms with Crippen LogP contribution in [0.25, 0.3) is 110 Å². The number of hydrogen-bond donors (Lipinski definition) is 0. The van der Waals surface area contributed by atoms with Crippen LogP contribution in [-0.4, -0.2) is 0 Å². The summed E-state index contributed by atoms with van der Waals surface area (Å²) >= 11 is 0. The van der Waals surface area contributed by atoms with Gasteiger partial charge in [-0.15, -0.1) is 0 Å². The molecule has 13 aromatic rings. The highest BCUT2D eigenvalue weighted by atomic mass is 16.3. The van der Waals surface area contributed by atoms with Gasteiger partial charge in [0.1, 0.15) is 22.3 Å². The maximum atomic E-state index is 7.03. The molecule has 0 aliphatic heterocycles. The van der Waals surface area contributed by atoms with Gasteiger partial charge >= 0.3 is 0 Å². The largest absolute Gasteiger partial charge is 0.456 e. The molecule has 314 valence electrons. The molecular weight excluding hydrogens is 815 g/mol. The number of rotatable bonds is 8. The summed E-state index contributed by atoms with van der Waals surface area (Å²) in [6.07, 6.45) is 0. The Bertz CT molecular complexity index is 3940.